The third-order valence-electron chi connectivity index (χ3n) is 4.05. The zero-order chi connectivity index (χ0) is 19.3. The van der Waals surface area contributed by atoms with Gasteiger partial charge in [0.15, 0.2) is 5.43 Å². The van der Waals surface area contributed by atoms with E-state index >= 15 is 0 Å². The predicted molar refractivity (Wildman–Crippen MR) is 95.9 cm³/mol. The lowest BCUT2D eigenvalue weighted by molar-refractivity contribution is -0.145. The van der Waals surface area contributed by atoms with E-state index in [0.717, 1.165) is 5.56 Å². The largest absolute Gasteiger partial charge is 0.508 e. The van der Waals surface area contributed by atoms with Crippen molar-refractivity contribution in [3.8, 4) is 5.75 Å². The number of amides is 1. The number of hydrogen-bond donors (Lipinski definition) is 2. The molecular weight excluding hydrogens is 336 g/mol. The summed E-state index contributed by atoms with van der Waals surface area (Å²) < 4.78 is 6.47. The third kappa shape index (κ3) is 4.95. The zero-order valence-electron chi connectivity index (χ0n) is 15.0. The number of carbonyl (C=O) groups excluding carboxylic acids is 2. The van der Waals surface area contributed by atoms with Crippen molar-refractivity contribution in [2.24, 2.45) is 0 Å². The molecule has 2 N–H and O–H groups in total. The molecule has 138 valence electrons. The van der Waals surface area contributed by atoms with E-state index in [0.29, 0.717) is 11.4 Å². The number of phenolic OH excluding ortho intramolecular Hbond substituents is 1. The number of hydrogen-bond acceptors (Lipinski definition) is 5. The van der Waals surface area contributed by atoms with Gasteiger partial charge in [-0.2, -0.15) is 0 Å². The molecule has 1 aromatic carbocycles. The lowest BCUT2D eigenvalue weighted by Gasteiger charge is -2.19. The van der Waals surface area contributed by atoms with Crippen molar-refractivity contribution in [1.29, 1.82) is 0 Å². The molecule has 2 aromatic rings. The maximum absolute atomic E-state index is 12.4. The third-order valence-corrected chi connectivity index (χ3v) is 4.05. The smallest absolute Gasteiger partial charge is 0.328 e. The first kappa shape index (κ1) is 19.2. The number of carbonyl (C=O) groups is 2. The van der Waals surface area contributed by atoms with Crippen molar-refractivity contribution in [3.63, 3.8) is 0 Å². The summed E-state index contributed by atoms with van der Waals surface area (Å²) in [5, 5.41) is 12.0. The Hall–Kier alpha value is -3.09. The summed E-state index contributed by atoms with van der Waals surface area (Å²) in [6.07, 6.45) is 0.237. The highest BCUT2D eigenvalue weighted by Crippen LogP contribution is 2.12. The number of esters is 1. The quantitative estimate of drug-likeness (QED) is 0.753. The highest BCUT2D eigenvalue weighted by atomic mass is 16.5. The van der Waals surface area contributed by atoms with Crippen LogP contribution in [-0.2, 0) is 27.3 Å². The number of methoxy groups -OCH3 is 1. The minimum absolute atomic E-state index is 0.0129. The highest BCUT2D eigenvalue weighted by molar-refractivity contribution is 5.84. The monoisotopic (exact) mass is 358 g/mol. The Balaban J connectivity index is 2.12. The van der Waals surface area contributed by atoms with Crippen LogP contribution in [0, 0.1) is 13.8 Å². The number of phenols is 1. The van der Waals surface area contributed by atoms with Crippen LogP contribution in [0.1, 0.15) is 17.0 Å². The fraction of sp³-hybridized carbons (Fsp3) is 0.316. The molecule has 0 radical (unpaired) electrons. The summed E-state index contributed by atoms with van der Waals surface area (Å²) in [5.41, 5.74) is 1.99. The Bertz CT molecular complexity index is 829. The molecule has 26 heavy (non-hydrogen) atoms. The number of benzene rings is 1. The second-order valence-corrected chi connectivity index (χ2v) is 6.07. The summed E-state index contributed by atoms with van der Waals surface area (Å²) >= 11 is 0. The summed E-state index contributed by atoms with van der Waals surface area (Å²) in [7, 11) is 1.26. The molecule has 0 spiro atoms. The molecule has 1 aromatic heterocycles. The van der Waals surface area contributed by atoms with E-state index in [1.807, 2.05) is 0 Å². The molecule has 1 amide bonds. The zero-order valence-corrected chi connectivity index (χ0v) is 15.0. The Morgan fingerprint density at radius 3 is 2.27 bits per heavy atom. The predicted octanol–water partition coefficient (Wildman–Crippen LogP) is 1.07. The molecule has 7 heteroatoms. The average molecular weight is 358 g/mol. The number of nitrogens with zero attached hydrogens (tertiary/aromatic N) is 1. The molecule has 7 nitrogen and oxygen atoms in total. The summed E-state index contributed by atoms with van der Waals surface area (Å²) in [4.78, 5) is 35.9. The fourth-order valence-corrected chi connectivity index (χ4v) is 2.72. The van der Waals surface area contributed by atoms with Crippen LogP contribution in [0.3, 0.4) is 0 Å². The molecule has 0 aliphatic heterocycles. The van der Waals surface area contributed by atoms with E-state index in [9.17, 15) is 19.5 Å². The highest BCUT2D eigenvalue weighted by Gasteiger charge is 2.22. The fourth-order valence-electron chi connectivity index (χ4n) is 2.72. The maximum Gasteiger partial charge on any atom is 0.328 e. The van der Waals surface area contributed by atoms with Gasteiger partial charge in [0, 0.05) is 29.9 Å². The molecule has 0 fully saturated rings. The van der Waals surface area contributed by atoms with Gasteiger partial charge in [-0.3, -0.25) is 9.59 Å². The molecule has 0 aliphatic rings. The molecule has 0 saturated carbocycles. The van der Waals surface area contributed by atoms with Gasteiger partial charge in [-0.05, 0) is 31.5 Å². The first-order valence-corrected chi connectivity index (χ1v) is 8.13. The Morgan fingerprint density at radius 1 is 1.15 bits per heavy atom. The normalized spacial score (nSPS) is 11.7. The van der Waals surface area contributed by atoms with Crippen LogP contribution in [-0.4, -0.2) is 34.7 Å². The first-order valence-electron chi connectivity index (χ1n) is 8.13. The minimum atomic E-state index is -0.850. The molecule has 0 saturated heterocycles. The van der Waals surface area contributed by atoms with E-state index in [-0.39, 0.29) is 30.1 Å². The molecule has 1 unspecified atom stereocenters. The summed E-state index contributed by atoms with van der Waals surface area (Å²) in [6.45, 7) is 3.48. The van der Waals surface area contributed by atoms with Crippen LogP contribution in [0.2, 0.25) is 0 Å². The van der Waals surface area contributed by atoms with Crippen molar-refractivity contribution in [3.05, 3.63) is 63.6 Å². The summed E-state index contributed by atoms with van der Waals surface area (Å²) in [5.74, 6) is -0.801. The number of aromatic nitrogens is 1. The number of aryl methyl sites for hydroxylation is 2. The molecule has 0 bridgehead atoms. The number of nitrogens with one attached hydrogen (secondary N) is 1. The average Bonchev–Trinajstić information content (AvgIpc) is 2.58. The van der Waals surface area contributed by atoms with Gasteiger partial charge in [-0.1, -0.05) is 12.1 Å². The van der Waals surface area contributed by atoms with Crippen molar-refractivity contribution >= 4 is 11.9 Å². The van der Waals surface area contributed by atoms with Gasteiger partial charge in [0.1, 0.15) is 18.3 Å². The number of rotatable bonds is 6. The van der Waals surface area contributed by atoms with Crippen LogP contribution in [0.15, 0.2) is 41.2 Å². The Kier molecular flexibility index (Phi) is 6.16. The van der Waals surface area contributed by atoms with E-state index in [4.69, 9.17) is 4.74 Å². The van der Waals surface area contributed by atoms with Crippen LogP contribution in [0.5, 0.6) is 5.75 Å². The second-order valence-electron chi connectivity index (χ2n) is 6.07. The van der Waals surface area contributed by atoms with Crippen LogP contribution < -0.4 is 10.7 Å². The summed E-state index contributed by atoms with van der Waals surface area (Å²) in [6, 6.07) is 8.43. The topological polar surface area (TPSA) is 97.6 Å². The van der Waals surface area contributed by atoms with Crippen molar-refractivity contribution in [2.75, 3.05) is 7.11 Å². The number of ether oxygens (including phenoxy) is 1. The van der Waals surface area contributed by atoms with Crippen LogP contribution in [0.25, 0.3) is 0 Å². The molecule has 2 rings (SSSR count). The Morgan fingerprint density at radius 2 is 1.73 bits per heavy atom. The van der Waals surface area contributed by atoms with Gasteiger partial charge >= 0.3 is 5.97 Å². The molecule has 0 aliphatic carbocycles. The van der Waals surface area contributed by atoms with Crippen molar-refractivity contribution in [2.45, 2.75) is 32.9 Å². The minimum Gasteiger partial charge on any atom is -0.508 e. The van der Waals surface area contributed by atoms with E-state index < -0.39 is 12.0 Å². The molecule has 1 heterocycles. The van der Waals surface area contributed by atoms with Crippen molar-refractivity contribution < 1.29 is 19.4 Å². The molecule has 1 atom stereocenters. The first-order chi connectivity index (χ1) is 12.3. The van der Waals surface area contributed by atoms with E-state index in [1.54, 1.807) is 30.5 Å². The number of pyridine rings is 1. The van der Waals surface area contributed by atoms with Gasteiger partial charge < -0.3 is 19.7 Å². The van der Waals surface area contributed by atoms with Crippen LogP contribution >= 0.6 is 0 Å². The Labute approximate surface area is 151 Å². The van der Waals surface area contributed by atoms with E-state index in [1.165, 1.54) is 31.4 Å². The standard InChI is InChI=1S/C19H22N2O5/c1-12-8-16(23)9-13(2)21(12)11-18(24)20-17(19(25)26-3)10-14-4-6-15(22)7-5-14/h4-9,17,22H,10-11H2,1-3H3,(H,20,24). The molecular formula is C19H22N2O5. The SMILES string of the molecule is COC(=O)C(Cc1ccc(O)cc1)NC(=O)Cn1c(C)cc(=O)cc1C. The van der Waals surface area contributed by atoms with Gasteiger partial charge in [-0.15, -0.1) is 0 Å². The van der Waals surface area contributed by atoms with Gasteiger partial charge in [0.2, 0.25) is 5.91 Å². The van der Waals surface area contributed by atoms with E-state index in [2.05, 4.69) is 5.32 Å². The number of aromatic hydroxyl groups is 1. The van der Waals surface area contributed by atoms with Gasteiger partial charge in [-0.25, -0.2) is 4.79 Å². The maximum atomic E-state index is 12.4. The van der Waals surface area contributed by atoms with Gasteiger partial charge in [0.25, 0.3) is 0 Å². The van der Waals surface area contributed by atoms with Crippen molar-refractivity contribution in [1.82, 2.24) is 9.88 Å². The van der Waals surface area contributed by atoms with Crippen LogP contribution in [0.4, 0.5) is 0 Å². The van der Waals surface area contributed by atoms with Gasteiger partial charge in [0.05, 0.1) is 7.11 Å². The lowest BCUT2D eigenvalue weighted by atomic mass is 10.1. The lowest BCUT2D eigenvalue weighted by Crippen LogP contribution is -2.44. The second kappa shape index (κ2) is 8.33.